The molecule has 0 radical (unpaired) electrons. The van der Waals surface area contributed by atoms with Crippen LogP contribution in [0.3, 0.4) is 0 Å². The highest BCUT2D eigenvalue weighted by Gasteiger charge is 2.28. The summed E-state index contributed by atoms with van der Waals surface area (Å²) >= 11 is 0. The lowest BCUT2D eigenvalue weighted by Gasteiger charge is -2.21. The predicted octanol–water partition coefficient (Wildman–Crippen LogP) is 1.59. The van der Waals surface area contributed by atoms with E-state index in [2.05, 4.69) is 9.88 Å². The third-order valence-electron chi connectivity index (χ3n) is 4.11. The molecule has 136 valence electrons. The zero-order valence-electron chi connectivity index (χ0n) is 13.6. The monoisotopic (exact) mass is 384 g/mol. The van der Waals surface area contributed by atoms with Crippen molar-refractivity contribution in [1.29, 1.82) is 0 Å². The molecule has 9 heteroatoms. The number of aromatic nitrogens is 1. The van der Waals surface area contributed by atoms with Gasteiger partial charge in [0.25, 0.3) is 0 Å². The van der Waals surface area contributed by atoms with Crippen LogP contribution in [-0.2, 0) is 26.4 Å². The first-order valence-corrected chi connectivity index (χ1v) is 11.5. The topological polar surface area (TPSA) is 106 Å². The molecule has 1 N–H and O–H groups in total. The molecule has 2 heterocycles. The lowest BCUT2D eigenvalue weighted by Crippen LogP contribution is -2.35. The van der Waals surface area contributed by atoms with Crippen LogP contribution in [0.5, 0.6) is 0 Å². The highest BCUT2D eigenvalue weighted by Crippen LogP contribution is 2.21. The molecule has 2 aromatic rings. The molecule has 25 heavy (non-hydrogen) atoms. The summed E-state index contributed by atoms with van der Waals surface area (Å²) in [5.74, 6) is -0.0537. The summed E-state index contributed by atoms with van der Waals surface area (Å²) < 4.78 is 55.3. The van der Waals surface area contributed by atoms with Crippen LogP contribution in [0, 0.1) is 5.92 Å². The molecule has 0 saturated carbocycles. The maximum Gasteiger partial charge on any atom is 0.212 e. The Morgan fingerprint density at radius 1 is 1.24 bits per heavy atom. The van der Waals surface area contributed by atoms with Gasteiger partial charge in [-0.25, -0.2) is 21.6 Å². The van der Waals surface area contributed by atoms with E-state index in [1.165, 1.54) is 0 Å². The number of hydrogen-bond acceptors (Lipinski definition) is 6. The van der Waals surface area contributed by atoms with Crippen molar-refractivity contribution in [1.82, 2.24) is 9.88 Å². The summed E-state index contributed by atoms with van der Waals surface area (Å²) in [5.41, 5.74) is 1.51. The van der Waals surface area contributed by atoms with Gasteiger partial charge in [-0.05, 0) is 18.8 Å². The van der Waals surface area contributed by atoms with Gasteiger partial charge in [-0.2, -0.15) is 0 Å². The second-order valence-corrected chi connectivity index (χ2v) is 10.3. The van der Waals surface area contributed by atoms with Crippen LogP contribution >= 0.6 is 0 Å². The van der Waals surface area contributed by atoms with Crippen LogP contribution in [0.25, 0.3) is 11.3 Å². The number of sulfonamides is 1. The van der Waals surface area contributed by atoms with Gasteiger partial charge < -0.3 is 4.52 Å². The lowest BCUT2D eigenvalue weighted by molar-refractivity contribution is 0.382. The molecular weight excluding hydrogens is 364 g/mol. The summed E-state index contributed by atoms with van der Waals surface area (Å²) in [6, 6.07) is 11.1. The zero-order chi connectivity index (χ0) is 17.9. The number of nitrogens with one attached hydrogen (secondary N) is 1. The van der Waals surface area contributed by atoms with Gasteiger partial charge in [-0.1, -0.05) is 35.5 Å². The van der Waals surface area contributed by atoms with E-state index in [4.69, 9.17) is 4.52 Å². The molecule has 1 fully saturated rings. The molecule has 1 aromatic heterocycles. The van der Waals surface area contributed by atoms with Crippen LogP contribution in [0.15, 0.2) is 40.9 Å². The molecule has 0 unspecified atom stereocenters. The van der Waals surface area contributed by atoms with Gasteiger partial charge in [-0.3, -0.25) is 0 Å². The summed E-state index contributed by atoms with van der Waals surface area (Å²) in [4.78, 5) is 0. The summed E-state index contributed by atoms with van der Waals surface area (Å²) in [6.07, 6.45) is 1.13. The van der Waals surface area contributed by atoms with Gasteiger partial charge >= 0.3 is 0 Å². The maximum absolute atomic E-state index is 12.2. The molecule has 3 rings (SSSR count). The fourth-order valence-electron chi connectivity index (χ4n) is 2.94. The van der Waals surface area contributed by atoms with Crippen molar-refractivity contribution >= 4 is 19.9 Å². The molecule has 0 aliphatic carbocycles. The minimum absolute atomic E-state index is 0.0123. The third-order valence-corrected chi connectivity index (χ3v) is 7.49. The smallest absolute Gasteiger partial charge is 0.212 e. The fourth-order valence-corrected chi connectivity index (χ4v) is 6.25. The van der Waals surface area contributed by atoms with Crippen molar-refractivity contribution < 1.29 is 21.4 Å². The second kappa shape index (κ2) is 7.27. The Kier molecular flexibility index (Phi) is 5.26. The molecule has 1 atom stereocenters. The molecular formula is C16H20N2O5S2. The van der Waals surface area contributed by atoms with Gasteiger partial charge in [-0.15, -0.1) is 0 Å². The Labute approximate surface area is 147 Å². The van der Waals surface area contributed by atoms with E-state index in [0.29, 0.717) is 24.3 Å². The first kappa shape index (κ1) is 18.1. The number of sulfone groups is 1. The Morgan fingerprint density at radius 3 is 2.72 bits per heavy atom. The largest absolute Gasteiger partial charge is 0.359 e. The minimum Gasteiger partial charge on any atom is -0.359 e. The van der Waals surface area contributed by atoms with E-state index in [9.17, 15) is 16.8 Å². The molecule has 0 spiro atoms. The van der Waals surface area contributed by atoms with Crippen LogP contribution < -0.4 is 4.72 Å². The number of nitrogens with zero attached hydrogens (tertiary/aromatic N) is 1. The Morgan fingerprint density at radius 2 is 2.00 bits per heavy atom. The van der Waals surface area contributed by atoms with E-state index < -0.39 is 19.9 Å². The number of hydrogen-bond donors (Lipinski definition) is 1. The van der Waals surface area contributed by atoms with Crippen molar-refractivity contribution in [2.45, 2.75) is 19.4 Å². The predicted molar refractivity (Wildman–Crippen MR) is 93.9 cm³/mol. The van der Waals surface area contributed by atoms with E-state index >= 15 is 0 Å². The highest BCUT2D eigenvalue weighted by molar-refractivity contribution is 7.91. The fraction of sp³-hybridized carbons (Fsp3) is 0.438. The zero-order valence-corrected chi connectivity index (χ0v) is 15.2. The average Bonchev–Trinajstić information content (AvgIpc) is 3.02. The summed E-state index contributed by atoms with van der Waals surface area (Å²) in [7, 11) is -6.71. The van der Waals surface area contributed by atoms with E-state index in [-0.39, 0.29) is 29.7 Å². The highest BCUT2D eigenvalue weighted by atomic mass is 32.2. The molecule has 7 nitrogen and oxygen atoms in total. The normalized spacial score (nSPS) is 20.4. The van der Waals surface area contributed by atoms with Crippen molar-refractivity contribution in [3.8, 4) is 11.3 Å². The Balaban J connectivity index is 1.58. The number of benzene rings is 1. The van der Waals surface area contributed by atoms with E-state index in [0.717, 1.165) is 5.56 Å². The molecule has 1 saturated heterocycles. The van der Waals surface area contributed by atoms with Crippen molar-refractivity contribution in [3.63, 3.8) is 0 Å². The van der Waals surface area contributed by atoms with Crippen molar-refractivity contribution in [2.24, 2.45) is 5.92 Å². The van der Waals surface area contributed by atoms with Crippen LogP contribution in [0.4, 0.5) is 0 Å². The lowest BCUT2D eigenvalue weighted by atomic mass is 10.1. The van der Waals surface area contributed by atoms with Crippen LogP contribution in [-0.4, -0.2) is 39.3 Å². The second-order valence-electron chi connectivity index (χ2n) is 6.27. The van der Waals surface area contributed by atoms with E-state index in [1.54, 1.807) is 6.07 Å². The molecule has 1 aliphatic heterocycles. The van der Waals surface area contributed by atoms with Gasteiger partial charge in [0.05, 0.1) is 23.8 Å². The third kappa shape index (κ3) is 5.13. The Bertz CT molecular complexity index is 920. The average molecular weight is 384 g/mol. The molecule has 0 amide bonds. The minimum atomic E-state index is -3.59. The molecule has 1 aliphatic rings. The maximum atomic E-state index is 12.2. The van der Waals surface area contributed by atoms with Gasteiger partial charge in [0.2, 0.25) is 10.0 Å². The van der Waals surface area contributed by atoms with Crippen molar-refractivity contribution in [2.75, 3.05) is 17.3 Å². The first-order chi connectivity index (χ1) is 11.8. The van der Waals surface area contributed by atoms with Crippen molar-refractivity contribution in [3.05, 3.63) is 42.2 Å². The summed E-state index contributed by atoms with van der Waals surface area (Å²) in [6.45, 7) is -0.0123. The Hall–Kier alpha value is -1.71. The molecule has 0 bridgehead atoms. The quantitative estimate of drug-likeness (QED) is 0.810. The van der Waals surface area contributed by atoms with Crippen LogP contribution in [0.1, 0.15) is 18.6 Å². The molecule has 1 aromatic carbocycles. The summed E-state index contributed by atoms with van der Waals surface area (Å²) in [5, 5.41) is 3.93. The van der Waals surface area contributed by atoms with Gasteiger partial charge in [0, 0.05) is 11.6 Å². The standard InChI is InChI=1S/C16H20N2O5S2/c19-24(20)8-4-5-13(11-24)12-25(21,22)17-10-15-9-16(18-23-15)14-6-2-1-3-7-14/h1-3,6-7,9,13,17H,4-5,8,10-12H2/t13-/m0/s1. The van der Waals surface area contributed by atoms with E-state index in [1.807, 2.05) is 30.3 Å². The van der Waals surface area contributed by atoms with Crippen LogP contribution in [0.2, 0.25) is 0 Å². The SMILES string of the molecule is O=S1(=O)CCC[C@H](CS(=O)(=O)NCc2cc(-c3ccccc3)no2)C1. The van der Waals surface area contributed by atoms with Gasteiger partial charge in [0.1, 0.15) is 5.69 Å². The number of rotatable bonds is 6. The van der Waals surface area contributed by atoms with Gasteiger partial charge in [0.15, 0.2) is 15.6 Å². The first-order valence-electron chi connectivity index (χ1n) is 8.02.